The smallest absolute Gasteiger partial charge is 0.550 e. The number of nitrogens with zero attached hydrogens (tertiary/aromatic N) is 1. The second-order valence-electron chi connectivity index (χ2n) is 8.75. The molecule has 0 aromatic carbocycles. The summed E-state index contributed by atoms with van der Waals surface area (Å²) >= 11 is 0. The number of aliphatic carboxylic acids is 1. The Morgan fingerprint density at radius 3 is 1.38 bits per heavy atom. The van der Waals surface area contributed by atoms with Gasteiger partial charge in [-0.3, -0.25) is 0 Å². The molecule has 0 N–H and O–H groups in total. The van der Waals surface area contributed by atoms with E-state index < -0.39 is 5.97 Å². The Labute approximate surface area is 195 Å². The molecule has 1 atom stereocenters. The van der Waals surface area contributed by atoms with Gasteiger partial charge < -0.3 is 14.8 Å². The van der Waals surface area contributed by atoms with Gasteiger partial charge in [0.2, 0.25) is 0 Å². The molecule has 0 spiro atoms. The SMILES string of the molecule is CCCCCCCCCCN(CCCCCCCCCC)C(C)CCC(=O)[O-].[Li+]. The zero-order valence-electron chi connectivity index (χ0n) is 20.5. The molecule has 29 heavy (non-hydrogen) atoms. The van der Waals surface area contributed by atoms with E-state index in [0.29, 0.717) is 6.04 Å². The quantitative estimate of drug-likeness (QED) is 0.205. The topological polar surface area (TPSA) is 43.4 Å². The van der Waals surface area contributed by atoms with Crippen molar-refractivity contribution >= 4 is 5.97 Å². The third kappa shape index (κ3) is 22.5. The minimum atomic E-state index is -0.911. The average molecular weight is 404 g/mol. The number of hydrogen-bond donors (Lipinski definition) is 0. The standard InChI is InChI=1S/C25H51NO2.Li/c1-4-6-8-10-12-14-16-18-22-26(24(3)20-21-25(27)28)23-19-17-15-13-11-9-7-5-2;/h24H,4-23H2,1-3H3,(H,27,28);/q;+1/p-1. The molecule has 0 fully saturated rings. The fourth-order valence-corrected chi connectivity index (χ4v) is 3.96. The van der Waals surface area contributed by atoms with Crippen LogP contribution in [-0.4, -0.2) is 30.0 Å². The van der Waals surface area contributed by atoms with Crippen molar-refractivity contribution in [1.82, 2.24) is 4.90 Å². The van der Waals surface area contributed by atoms with E-state index in [-0.39, 0.29) is 25.3 Å². The number of carbonyl (C=O) groups excluding carboxylic acids is 1. The Morgan fingerprint density at radius 1 is 0.690 bits per heavy atom. The number of rotatable bonds is 22. The van der Waals surface area contributed by atoms with E-state index in [1.54, 1.807) is 0 Å². The molecular formula is C25H50LiNO2. The van der Waals surface area contributed by atoms with Crippen molar-refractivity contribution in [2.75, 3.05) is 13.1 Å². The fraction of sp³-hybridized carbons (Fsp3) is 0.960. The molecule has 3 nitrogen and oxygen atoms in total. The summed E-state index contributed by atoms with van der Waals surface area (Å²) in [6, 6.07) is 0.354. The summed E-state index contributed by atoms with van der Waals surface area (Å²) in [5.74, 6) is -0.911. The predicted octanol–water partition coefficient (Wildman–Crippen LogP) is 3.49. The van der Waals surface area contributed by atoms with E-state index in [4.69, 9.17) is 0 Å². The van der Waals surface area contributed by atoms with Crippen LogP contribution in [-0.2, 0) is 4.79 Å². The van der Waals surface area contributed by atoms with Gasteiger partial charge in [-0.1, -0.05) is 104 Å². The molecule has 1 unspecified atom stereocenters. The maximum Gasteiger partial charge on any atom is 1.00 e. The maximum atomic E-state index is 10.8. The van der Waals surface area contributed by atoms with Crippen molar-refractivity contribution in [2.45, 2.75) is 142 Å². The van der Waals surface area contributed by atoms with Crippen molar-refractivity contribution < 1.29 is 28.8 Å². The van der Waals surface area contributed by atoms with Crippen LogP contribution in [0.5, 0.6) is 0 Å². The van der Waals surface area contributed by atoms with Crippen LogP contribution < -0.4 is 24.0 Å². The van der Waals surface area contributed by atoms with Crippen LogP contribution in [0.1, 0.15) is 136 Å². The zero-order chi connectivity index (χ0) is 20.9. The molecule has 0 radical (unpaired) electrons. The van der Waals surface area contributed by atoms with Gasteiger partial charge in [0, 0.05) is 12.0 Å². The van der Waals surface area contributed by atoms with Crippen LogP contribution in [0.3, 0.4) is 0 Å². The van der Waals surface area contributed by atoms with Crippen LogP contribution in [0.25, 0.3) is 0 Å². The molecule has 0 aliphatic heterocycles. The second-order valence-corrected chi connectivity index (χ2v) is 8.75. The number of carboxylic acids is 1. The Balaban J connectivity index is 0. The summed E-state index contributed by atoms with van der Waals surface area (Å²) in [5, 5.41) is 10.8. The molecule has 0 amide bonds. The number of carboxylic acid groups (broad SMARTS) is 1. The Morgan fingerprint density at radius 2 is 1.03 bits per heavy atom. The van der Waals surface area contributed by atoms with E-state index in [1.165, 1.54) is 103 Å². The molecule has 0 heterocycles. The van der Waals surface area contributed by atoms with Crippen LogP contribution >= 0.6 is 0 Å². The molecule has 0 aliphatic carbocycles. The van der Waals surface area contributed by atoms with Crippen LogP contribution in [0.15, 0.2) is 0 Å². The molecule has 0 saturated carbocycles. The van der Waals surface area contributed by atoms with Gasteiger partial charge in [0.25, 0.3) is 0 Å². The first-order valence-electron chi connectivity index (χ1n) is 12.6. The maximum absolute atomic E-state index is 10.8. The van der Waals surface area contributed by atoms with Gasteiger partial charge in [-0.05, 0) is 45.7 Å². The number of unbranched alkanes of at least 4 members (excludes halogenated alkanes) is 14. The number of hydrogen-bond acceptors (Lipinski definition) is 3. The van der Waals surface area contributed by atoms with Gasteiger partial charge in [-0.15, -0.1) is 0 Å². The molecule has 4 heteroatoms. The van der Waals surface area contributed by atoms with Crippen molar-refractivity contribution in [3.63, 3.8) is 0 Å². The van der Waals surface area contributed by atoms with Crippen LogP contribution in [0, 0.1) is 0 Å². The zero-order valence-corrected chi connectivity index (χ0v) is 20.5. The van der Waals surface area contributed by atoms with Gasteiger partial charge in [-0.25, -0.2) is 0 Å². The van der Waals surface area contributed by atoms with Crippen molar-refractivity contribution in [3.05, 3.63) is 0 Å². The molecule has 0 aromatic heterocycles. The molecule has 0 bridgehead atoms. The predicted molar refractivity (Wildman–Crippen MR) is 120 cm³/mol. The molecule has 0 saturated heterocycles. The molecular weight excluding hydrogens is 353 g/mol. The average Bonchev–Trinajstić information content (AvgIpc) is 2.68. The van der Waals surface area contributed by atoms with E-state index in [9.17, 15) is 9.90 Å². The molecule has 0 aliphatic rings. The summed E-state index contributed by atoms with van der Waals surface area (Å²) in [6.07, 6.45) is 22.4. The first-order chi connectivity index (χ1) is 13.6. The van der Waals surface area contributed by atoms with E-state index in [2.05, 4.69) is 25.7 Å². The van der Waals surface area contributed by atoms with Crippen molar-refractivity contribution in [2.24, 2.45) is 0 Å². The van der Waals surface area contributed by atoms with Gasteiger partial charge in [0.1, 0.15) is 0 Å². The first kappa shape index (κ1) is 31.2. The minimum Gasteiger partial charge on any atom is -0.550 e. The van der Waals surface area contributed by atoms with E-state index in [0.717, 1.165) is 19.5 Å². The largest absolute Gasteiger partial charge is 1.00 e. The van der Waals surface area contributed by atoms with E-state index >= 15 is 0 Å². The fourth-order valence-electron chi connectivity index (χ4n) is 3.96. The summed E-state index contributed by atoms with van der Waals surface area (Å²) in [5.41, 5.74) is 0. The van der Waals surface area contributed by atoms with E-state index in [1.807, 2.05) is 0 Å². The summed E-state index contributed by atoms with van der Waals surface area (Å²) in [6.45, 7) is 8.98. The monoisotopic (exact) mass is 403 g/mol. The Bertz CT molecular complexity index is 319. The normalized spacial score (nSPS) is 12.1. The van der Waals surface area contributed by atoms with Crippen molar-refractivity contribution in [3.8, 4) is 0 Å². The third-order valence-electron chi connectivity index (χ3n) is 5.99. The summed E-state index contributed by atoms with van der Waals surface area (Å²) in [4.78, 5) is 13.4. The van der Waals surface area contributed by atoms with Crippen LogP contribution in [0.4, 0.5) is 0 Å². The second kappa shape index (κ2) is 24.3. The van der Waals surface area contributed by atoms with Gasteiger partial charge in [0.15, 0.2) is 0 Å². The van der Waals surface area contributed by atoms with Gasteiger partial charge >= 0.3 is 18.9 Å². The summed E-state index contributed by atoms with van der Waals surface area (Å²) < 4.78 is 0. The van der Waals surface area contributed by atoms with Crippen molar-refractivity contribution in [1.29, 1.82) is 0 Å². The summed E-state index contributed by atoms with van der Waals surface area (Å²) in [7, 11) is 0. The third-order valence-corrected chi connectivity index (χ3v) is 5.99. The van der Waals surface area contributed by atoms with Gasteiger partial charge in [0.05, 0.1) is 0 Å². The van der Waals surface area contributed by atoms with Gasteiger partial charge in [-0.2, -0.15) is 0 Å². The Kier molecular flexibility index (Phi) is 26.2. The molecule has 168 valence electrons. The Hall–Kier alpha value is 0.0274. The molecule has 0 aromatic rings. The first-order valence-corrected chi connectivity index (χ1v) is 12.6. The number of carbonyl (C=O) groups is 1. The van der Waals surface area contributed by atoms with Crippen LogP contribution in [0.2, 0.25) is 0 Å². The molecule has 0 rings (SSSR count). The minimum absolute atomic E-state index is 0.